The van der Waals surface area contributed by atoms with Gasteiger partial charge in [0.15, 0.2) is 0 Å². The maximum atomic E-state index is 12.6. The summed E-state index contributed by atoms with van der Waals surface area (Å²) in [5.74, 6) is 0.301. The Morgan fingerprint density at radius 1 is 0.719 bits per heavy atom. The number of ether oxygens (including phenoxy) is 4. The quantitative estimate of drug-likeness (QED) is 0.357. The van der Waals surface area contributed by atoms with Crippen molar-refractivity contribution in [3.05, 3.63) is 56.5 Å². The number of amides is 2. The zero-order valence-corrected chi connectivity index (χ0v) is 21.1. The predicted octanol–water partition coefficient (Wildman–Crippen LogP) is 3.42. The van der Waals surface area contributed by atoms with Gasteiger partial charge in [-0.15, -0.1) is 0 Å². The predicted molar refractivity (Wildman–Crippen MR) is 128 cm³/mol. The molecule has 0 heterocycles. The lowest BCUT2D eigenvalue weighted by Gasteiger charge is -2.13. The summed E-state index contributed by atoms with van der Waals surface area (Å²) in [5.41, 5.74) is 0.783. The van der Waals surface area contributed by atoms with E-state index in [0.29, 0.717) is 49.1 Å². The van der Waals surface area contributed by atoms with E-state index < -0.39 is 0 Å². The van der Waals surface area contributed by atoms with E-state index >= 15 is 0 Å². The van der Waals surface area contributed by atoms with Gasteiger partial charge in [0, 0.05) is 36.3 Å². The van der Waals surface area contributed by atoms with Crippen LogP contribution in [0.25, 0.3) is 0 Å². The minimum Gasteiger partial charge on any atom is -0.490 e. The molecule has 32 heavy (non-hydrogen) atoms. The Bertz CT molecular complexity index is 836. The van der Waals surface area contributed by atoms with Crippen molar-refractivity contribution < 1.29 is 28.5 Å². The first kappa shape index (κ1) is 26.1. The summed E-state index contributed by atoms with van der Waals surface area (Å²) in [7, 11) is 3.16. The van der Waals surface area contributed by atoms with Gasteiger partial charge in [0.25, 0.3) is 11.8 Å². The molecule has 0 unspecified atom stereocenters. The molecule has 174 valence electrons. The van der Waals surface area contributed by atoms with Crippen molar-refractivity contribution in [2.45, 2.75) is 0 Å². The second kappa shape index (κ2) is 14.1. The van der Waals surface area contributed by atoms with Crippen LogP contribution >= 0.6 is 31.9 Å². The molecule has 0 spiro atoms. The lowest BCUT2D eigenvalue weighted by atomic mass is 10.2. The van der Waals surface area contributed by atoms with Crippen LogP contribution in [0, 0.1) is 0 Å². The van der Waals surface area contributed by atoms with E-state index in [0.717, 1.165) is 8.95 Å². The summed E-state index contributed by atoms with van der Waals surface area (Å²) in [5, 5.41) is 5.58. The molecule has 0 aromatic heterocycles. The monoisotopic (exact) mass is 572 g/mol. The van der Waals surface area contributed by atoms with Crippen LogP contribution in [0.3, 0.4) is 0 Å². The molecule has 0 aliphatic rings. The number of hydrogen-bond acceptors (Lipinski definition) is 6. The van der Waals surface area contributed by atoms with E-state index in [1.54, 1.807) is 50.6 Å². The second-order valence-electron chi connectivity index (χ2n) is 6.48. The van der Waals surface area contributed by atoms with E-state index in [2.05, 4.69) is 42.5 Å². The van der Waals surface area contributed by atoms with Gasteiger partial charge in [-0.2, -0.15) is 0 Å². The van der Waals surface area contributed by atoms with Gasteiger partial charge in [0.1, 0.15) is 24.7 Å². The maximum Gasteiger partial charge on any atom is 0.255 e. The number of methoxy groups -OCH3 is 2. The number of carbonyl (C=O) groups is 2. The van der Waals surface area contributed by atoms with Gasteiger partial charge in [0.2, 0.25) is 0 Å². The molecule has 2 rings (SSSR count). The molecule has 0 saturated carbocycles. The smallest absolute Gasteiger partial charge is 0.255 e. The second-order valence-corrected chi connectivity index (χ2v) is 8.31. The average molecular weight is 574 g/mol. The summed E-state index contributed by atoms with van der Waals surface area (Å²) in [6.45, 7) is 1.96. The first-order chi connectivity index (χ1) is 15.5. The standard InChI is InChI=1S/C22H26Br2N2O6/c1-29-9-11-31-19-5-3-15(23)13-17(19)21(27)25-7-8-26-22(28)18-14-16(24)4-6-20(18)32-12-10-30-2/h3-6,13-14H,7-12H2,1-2H3,(H,25,27)(H,26,28). The first-order valence-electron chi connectivity index (χ1n) is 9.85. The van der Waals surface area contributed by atoms with Crippen molar-refractivity contribution in [1.82, 2.24) is 10.6 Å². The lowest BCUT2D eigenvalue weighted by Crippen LogP contribution is -2.35. The normalized spacial score (nSPS) is 10.5. The molecule has 8 nitrogen and oxygen atoms in total. The van der Waals surface area contributed by atoms with Crippen LogP contribution in [0.2, 0.25) is 0 Å². The Kier molecular flexibility index (Phi) is 11.5. The Balaban J connectivity index is 1.91. The molecule has 0 fully saturated rings. The number of nitrogens with one attached hydrogen (secondary N) is 2. The van der Waals surface area contributed by atoms with Crippen LogP contribution in [0.5, 0.6) is 11.5 Å². The maximum absolute atomic E-state index is 12.6. The van der Waals surface area contributed by atoms with Crippen molar-refractivity contribution in [3.8, 4) is 11.5 Å². The van der Waals surface area contributed by atoms with Gasteiger partial charge in [-0.1, -0.05) is 31.9 Å². The minimum absolute atomic E-state index is 0.239. The molecule has 0 aliphatic carbocycles. The van der Waals surface area contributed by atoms with E-state index in [-0.39, 0.29) is 24.9 Å². The van der Waals surface area contributed by atoms with Crippen LogP contribution in [-0.2, 0) is 9.47 Å². The van der Waals surface area contributed by atoms with Gasteiger partial charge in [-0.25, -0.2) is 0 Å². The molecule has 2 aromatic rings. The van der Waals surface area contributed by atoms with Gasteiger partial charge < -0.3 is 29.6 Å². The van der Waals surface area contributed by atoms with Gasteiger partial charge >= 0.3 is 0 Å². The number of rotatable bonds is 13. The van der Waals surface area contributed by atoms with Crippen LogP contribution in [0.4, 0.5) is 0 Å². The molecule has 0 aliphatic heterocycles. The number of benzene rings is 2. The zero-order chi connectivity index (χ0) is 23.3. The minimum atomic E-state index is -0.306. The van der Waals surface area contributed by atoms with E-state index in [1.807, 2.05) is 0 Å². The van der Waals surface area contributed by atoms with Crippen molar-refractivity contribution in [2.24, 2.45) is 0 Å². The van der Waals surface area contributed by atoms with Gasteiger partial charge in [-0.3, -0.25) is 9.59 Å². The Morgan fingerprint density at radius 3 is 1.50 bits per heavy atom. The fourth-order valence-electron chi connectivity index (χ4n) is 2.62. The highest BCUT2D eigenvalue weighted by Gasteiger charge is 2.15. The van der Waals surface area contributed by atoms with Crippen molar-refractivity contribution in [1.29, 1.82) is 0 Å². The van der Waals surface area contributed by atoms with Crippen LogP contribution in [0.1, 0.15) is 20.7 Å². The Morgan fingerprint density at radius 2 is 1.12 bits per heavy atom. The third-order valence-corrected chi connectivity index (χ3v) is 5.15. The van der Waals surface area contributed by atoms with Crippen LogP contribution in [0.15, 0.2) is 45.3 Å². The van der Waals surface area contributed by atoms with Crippen molar-refractivity contribution in [3.63, 3.8) is 0 Å². The first-order valence-corrected chi connectivity index (χ1v) is 11.4. The van der Waals surface area contributed by atoms with Crippen molar-refractivity contribution >= 4 is 43.7 Å². The highest BCUT2D eigenvalue weighted by atomic mass is 79.9. The molecule has 0 saturated heterocycles. The molecular formula is C22H26Br2N2O6. The average Bonchev–Trinajstić information content (AvgIpc) is 2.78. The number of halogens is 2. The summed E-state index contributed by atoms with van der Waals surface area (Å²) in [6, 6.07) is 10.4. The molecule has 0 bridgehead atoms. The molecule has 2 aromatic carbocycles. The molecule has 0 atom stereocenters. The zero-order valence-electron chi connectivity index (χ0n) is 17.9. The van der Waals surface area contributed by atoms with Gasteiger partial charge in [0.05, 0.1) is 24.3 Å². The van der Waals surface area contributed by atoms with Crippen LogP contribution in [-0.4, -0.2) is 65.6 Å². The molecule has 2 N–H and O–H groups in total. The van der Waals surface area contributed by atoms with E-state index in [9.17, 15) is 9.59 Å². The lowest BCUT2D eigenvalue weighted by molar-refractivity contribution is 0.0919. The fourth-order valence-corrected chi connectivity index (χ4v) is 3.35. The molecule has 0 radical (unpaired) electrons. The third kappa shape index (κ3) is 8.42. The molecule has 2 amide bonds. The molecule has 10 heteroatoms. The highest BCUT2D eigenvalue weighted by Crippen LogP contribution is 2.24. The van der Waals surface area contributed by atoms with E-state index in [4.69, 9.17) is 18.9 Å². The third-order valence-electron chi connectivity index (χ3n) is 4.16. The summed E-state index contributed by atoms with van der Waals surface area (Å²) in [4.78, 5) is 25.2. The Hall–Kier alpha value is -2.14. The number of carbonyl (C=O) groups excluding carboxylic acids is 2. The van der Waals surface area contributed by atoms with E-state index in [1.165, 1.54) is 0 Å². The highest BCUT2D eigenvalue weighted by molar-refractivity contribution is 9.10. The summed E-state index contributed by atoms with van der Waals surface area (Å²) < 4.78 is 22.7. The molecular weight excluding hydrogens is 548 g/mol. The number of hydrogen-bond donors (Lipinski definition) is 2. The Labute approximate surface area is 204 Å². The fraction of sp³-hybridized carbons (Fsp3) is 0.364. The van der Waals surface area contributed by atoms with Gasteiger partial charge in [-0.05, 0) is 36.4 Å². The van der Waals surface area contributed by atoms with Crippen LogP contribution < -0.4 is 20.1 Å². The summed E-state index contributed by atoms with van der Waals surface area (Å²) >= 11 is 6.73. The summed E-state index contributed by atoms with van der Waals surface area (Å²) in [6.07, 6.45) is 0. The largest absolute Gasteiger partial charge is 0.490 e. The van der Waals surface area contributed by atoms with Crippen molar-refractivity contribution in [2.75, 3.05) is 53.7 Å². The SMILES string of the molecule is COCCOc1ccc(Br)cc1C(=O)NCCNC(=O)c1cc(Br)ccc1OCCOC. The topological polar surface area (TPSA) is 95.1 Å².